The fourth-order valence-electron chi connectivity index (χ4n) is 2.77. The maximum absolute atomic E-state index is 12.9. The van der Waals surface area contributed by atoms with Gasteiger partial charge in [0.05, 0.1) is 17.9 Å². The first kappa shape index (κ1) is 15.4. The Bertz CT molecular complexity index is 683. The van der Waals surface area contributed by atoms with E-state index in [2.05, 4.69) is 10.6 Å². The van der Waals surface area contributed by atoms with Gasteiger partial charge in [0.25, 0.3) is 0 Å². The number of ether oxygens (including phenoxy) is 1. The van der Waals surface area contributed by atoms with Crippen molar-refractivity contribution in [1.82, 2.24) is 9.62 Å². The third-order valence-corrected chi connectivity index (χ3v) is 5.81. The molecule has 22 heavy (non-hydrogen) atoms. The summed E-state index contributed by atoms with van der Waals surface area (Å²) in [5.41, 5.74) is 1.40. The number of hydrogen-bond donors (Lipinski definition) is 2. The van der Waals surface area contributed by atoms with Gasteiger partial charge in [0.2, 0.25) is 15.9 Å². The van der Waals surface area contributed by atoms with Crippen LogP contribution < -0.4 is 10.6 Å². The highest BCUT2D eigenvalue weighted by molar-refractivity contribution is 7.89. The molecule has 0 saturated carbocycles. The molecule has 0 spiro atoms. The summed E-state index contributed by atoms with van der Waals surface area (Å²) in [4.78, 5) is 11.6. The first-order valence-electron chi connectivity index (χ1n) is 7.29. The SMILES string of the molecule is CCN(C1CNCCO1)S(=O)(=O)c1ccc2c(c1)CC(=O)N2. The Balaban J connectivity index is 1.91. The van der Waals surface area contributed by atoms with Gasteiger partial charge in [-0.05, 0) is 23.8 Å². The van der Waals surface area contributed by atoms with Crippen molar-refractivity contribution in [3.8, 4) is 0 Å². The molecular formula is C14H19N3O4S. The minimum Gasteiger partial charge on any atom is -0.359 e. The molecular weight excluding hydrogens is 306 g/mol. The van der Waals surface area contributed by atoms with Crippen LogP contribution in [0.15, 0.2) is 23.1 Å². The summed E-state index contributed by atoms with van der Waals surface area (Å²) < 4.78 is 32.6. The molecule has 7 nitrogen and oxygen atoms in total. The van der Waals surface area contributed by atoms with Crippen molar-refractivity contribution >= 4 is 21.6 Å². The zero-order valence-corrected chi connectivity index (χ0v) is 13.1. The zero-order valence-electron chi connectivity index (χ0n) is 12.3. The molecule has 0 aromatic heterocycles. The van der Waals surface area contributed by atoms with Crippen LogP contribution in [0.3, 0.4) is 0 Å². The Morgan fingerprint density at radius 3 is 2.91 bits per heavy atom. The molecule has 2 heterocycles. The maximum atomic E-state index is 12.9. The van der Waals surface area contributed by atoms with Crippen LogP contribution in [0, 0.1) is 0 Å². The largest absolute Gasteiger partial charge is 0.359 e. The van der Waals surface area contributed by atoms with Crippen LogP contribution in [0.2, 0.25) is 0 Å². The monoisotopic (exact) mass is 325 g/mol. The molecule has 8 heteroatoms. The highest BCUT2D eigenvalue weighted by Gasteiger charge is 2.33. The van der Waals surface area contributed by atoms with Gasteiger partial charge >= 0.3 is 0 Å². The van der Waals surface area contributed by atoms with E-state index in [0.29, 0.717) is 30.9 Å². The van der Waals surface area contributed by atoms with Gasteiger partial charge in [-0.2, -0.15) is 4.31 Å². The summed E-state index contributed by atoms with van der Waals surface area (Å²) in [6.07, 6.45) is -0.288. The summed E-state index contributed by atoms with van der Waals surface area (Å²) in [5.74, 6) is -0.114. The Morgan fingerprint density at radius 1 is 1.41 bits per heavy atom. The van der Waals surface area contributed by atoms with Gasteiger partial charge in [0.15, 0.2) is 0 Å². The normalized spacial score (nSPS) is 21.7. The molecule has 2 aliphatic heterocycles. The second-order valence-corrected chi connectivity index (χ2v) is 7.17. The summed E-state index contributed by atoms with van der Waals surface area (Å²) in [6, 6.07) is 4.74. The average Bonchev–Trinajstić information content (AvgIpc) is 2.88. The molecule has 1 fully saturated rings. The summed E-state index contributed by atoms with van der Waals surface area (Å²) in [5, 5.41) is 5.84. The van der Waals surface area contributed by atoms with E-state index in [9.17, 15) is 13.2 Å². The Hall–Kier alpha value is -1.48. The van der Waals surface area contributed by atoms with Crippen molar-refractivity contribution in [3.05, 3.63) is 23.8 Å². The molecule has 1 aromatic rings. The van der Waals surface area contributed by atoms with Crippen LogP contribution >= 0.6 is 0 Å². The fraction of sp³-hybridized carbons (Fsp3) is 0.500. The van der Waals surface area contributed by atoms with E-state index >= 15 is 0 Å². The van der Waals surface area contributed by atoms with Crippen LogP contribution in [0.25, 0.3) is 0 Å². The zero-order chi connectivity index (χ0) is 15.7. The number of amides is 1. The molecule has 1 amide bonds. The van der Waals surface area contributed by atoms with E-state index in [-0.39, 0.29) is 17.2 Å². The molecule has 0 bridgehead atoms. The lowest BCUT2D eigenvalue weighted by Gasteiger charge is -2.32. The molecule has 120 valence electrons. The van der Waals surface area contributed by atoms with Gasteiger partial charge in [-0.15, -0.1) is 0 Å². The second-order valence-electron chi connectivity index (χ2n) is 5.28. The van der Waals surface area contributed by atoms with Crippen LogP contribution in [-0.4, -0.2) is 51.1 Å². The number of benzene rings is 1. The van der Waals surface area contributed by atoms with Gasteiger partial charge in [-0.25, -0.2) is 8.42 Å². The summed E-state index contributed by atoms with van der Waals surface area (Å²) >= 11 is 0. The number of carbonyl (C=O) groups is 1. The number of sulfonamides is 1. The standard InChI is InChI=1S/C14H19N3O4S/c1-2-17(14-9-15-5-6-21-14)22(19,20)11-3-4-12-10(7-11)8-13(18)16-12/h3-4,7,14-15H,2,5-6,8-9H2,1H3,(H,16,18). The molecule has 0 aliphatic carbocycles. The molecule has 3 rings (SSSR count). The Labute approximate surface area is 129 Å². The summed E-state index contributed by atoms with van der Waals surface area (Å²) in [7, 11) is -3.66. The van der Waals surface area contributed by atoms with Crippen LogP contribution in [0.1, 0.15) is 12.5 Å². The molecule has 2 N–H and O–H groups in total. The van der Waals surface area contributed by atoms with E-state index in [4.69, 9.17) is 4.74 Å². The van der Waals surface area contributed by atoms with E-state index < -0.39 is 16.3 Å². The molecule has 1 atom stereocenters. The lowest BCUT2D eigenvalue weighted by molar-refractivity contribution is -0.115. The molecule has 2 aliphatic rings. The lowest BCUT2D eigenvalue weighted by Crippen LogP contribution is -2.51. The number of nitrogens with zero attached hydrogens (tertiary/aromatic N) is 1. The van der Waals surface area contributed by atoms with Crippen LogP contribution in [0.5, 0.6) is 0 Å². The van der Waals surface area contributed by atoms with Crippen molar-refractivity contribution in [1.29, 1.82) is 0 Å². The number of rotatable bonds is 4. The molecule has 1 unspecified atom stereocenters. The highest BCUT2D eigenvalue weighted by atomic mass is 32.2. The Kier molecular flexibility index (Phi) is 4.18. The number of nitrogens with one attached hydrogen (secondary N) is 2. The van der Waals surface area contributed by atoms with E-state index in [1.165, 1.54) is 10.4 Å². The van der Waals surface area contributed by atoms with E-state index in [0.717, 1.165) is 6.54 Å². The third-order valence-electron chi connectivity index (χ3n) is 3.85. The first-order valence-corrected chi connectivity index (χ1v) is 8.73. The molecule has 1 aromatic carbocycles. The molecule has 1 saturated heterocycles. The lowest BCUT2D eigenvalue weighted by atomic mass is 10.2. The predicted octanol–water partition coefficient (Wildman–Crippen LogP) is 0.138. The van der Waals surface area contributed by atoms with Crippen molar-refractivity contribution in [2.24, 2.45) is 0 Å². The first-order chi connectivity index (χ1) is 10.5. The fourth-order valence-corrected chi connectivity index (χ4v) is 4.35. The minimum atomic E-state index is -3.66. The van der Waals surface area contributed by atoms with Gasteiger partial charge in [-0.1, -0.05) is 6.92 Å². The van der Waals surface area contributed by atoms with Gasteiger partial charge < -0.3 is 15.4 Å². The van der Waals surface area contributed by atoms with Crippen molar-refractivity contribution in [2.45, 2.75) is 24.5 Å². The predicted molar refractivity (Wildman–Crippen MR) is 81.0 cm³/mol. The number of fused-ring (bicyclic) bond motifs is 1. The van der Waals surface area contributed by atoms with Crippen molar-refractivity contribution in [3.63, 3.8) is 0 Å². The number of anilines is 1. The number of likely N-dealkylation sites (N-methyl/N-ethyl adjacent to an activating group) is 1. The van der Waals surface area contributed by atoms with Crippen LogP contribution in [0.4, 0.5) is 5.69 Å². The quantitative estimate of drug-likeness (QED) is 0.822. The van der Waals surface area contributed by atoms with E-state index in [1.54, 1.807) is 19.1 Å². The van der Waals surface area contributed by atoms with Crippen LogP contribution in [-0.2, 0) is 26.0 Å². The summed E-state index contributed by atoms with van der Waals surface area (Å²) in [6.45, 7) is 3.79. The third kappa shape index (κ3) is 2.74. The smallest absolute Gasteiger partial charge is 0.245 e. The van der Waals surface area contributed by atoms with Gasteiger partial charge in [-0.3, -0.25) is 4.79 Å². The average molecular weight is 325 g/mol. The van der Waals surface area contributed by atoms with Gasteiger partial charge in [0.1, 0.15) is 6.23 Å². The molecule has 0 radical (unpaired) electrons. The van der Waals surface area contributed by atoms with Crippen molar-refractivity contribution < 1.29 is 17.9 Å². The highest BCUT2D eigenvalue weighted by Crippen LogP contribution is 2.28. The number of carbonyl (C=O) groups excluding carboxylic acids is 1. The Morgan fingerprint density at radius 2 is 2.23 bits per heavy atom. The topological polar surface area (TPSA) is 87.7 Å². The second kappa shape index (κ2) is 5.96. The van der Waals surface area contributed by atoms with Crippen molar-refractivity contribution in [2.75, 3.05) is 31.6 Å². The van der Waals surface area contributed by atoms with E-state index in [1.807, 2.05) is 0 Å². The minimum absolute atomic E-state index is 0.114. The maximum Gasteiger partial charge on any atom is 0.245 e. The number of hydrogen-bond acceptors (Lipinski definition) is 5. The number of morpholine rings is 1. The van der Waals surface area contributed by atoms with Gasteiger partial charge in [0, 0.05) is 25.3 Å².